The standard InChI is InChI=1S/C26H30N2O4/c1-19-12-14-20(15-13-19)17-27-24(29)16-22-10-6-3-7-11-25(30)32-23(18-28-26(22)31)21-8-4-2-5-9-21/h2-6,8-9,12-15,22-23H,7,10-11,16-18H2,1H3,(H,27,29)(H,28,31)/b6-3+/t22-,23-/m1/s1. The number of amides is 2. The molecule has 2 aromatic rings. The molecule has 1 aliphatic heterocycles. The second-order valence-electron chi connectivity index (χ2n) is 8.04. The summed E-state index contributed by atoms with van der Waals surface area (Å²) in [6.07, 6.45) is 4.51. The molecular weight excluding hydrogens is 404 g/mol. The maximum Gasteiger partial charge on any atom is 0.306 e. The molecule has 2 aromatic carbocycles. The Balaban J connectivity index is 1.62. The number of nitrogens with one attached hydrogen (secondary N) is 2. The monoisotopic (exact) mass is 434 g/mol. The molecule has 6 nitrogen and oxygen atoms in total. The van der Waals surface area contributed by atoms with Crippen molar-refractivity contribution >= 4 is 17.8 Å². The van der Waals surface area contributed by atoms with Gasteiger partial charge in [0.1, 0.15) is 6.10 Å². The Kier molecular flexibility index (Phi) is 8.61. The third kappa shape index (κ3) is 7.38. The molecule has 0 saturated carbocycles. The summed E-state index contributed by atoms with van der Waals surface area (Å²) in [6.45, 7) is 2.61. The van der Waals surface area contributed by atoms with Crippen molar-refractivity contribution in [2.45, 2.75) is 45.3 Å². The molecule has 0 aromatic heterocycles. The van der Waals surface area contributed by atoms with Gasteiger partial charge in [-0.3, -0.25) is 14.4 Å². The second kappa shape index (κ2) is 11.8. The van der Waals surface area contributed by atoms with Crippen LogP contribution in [0.1, 0.15) is 48.5 Å². The van der Waals surface area contributed by atoms with Gasteiger partial charge in [-0.25, -0.2) is 0 Å². The number of esters is 1. The largest absolute Gasteiger partial charge is 0.456 e. The fourth-order valence-electron chi connectivity index (χ4n) is 3.52. The van der Waals surface area contributed by atoms with E-state index < -0.39 is 12.0 Å². The molecule has 1 heterocycles. The van der Waals surface area contributed by atoms with Crippen LogP contribution in [0.25, 0.3) is 0 Å². The number of ether oxygens (including phenoxy) is 1. The van der Waals surface area contributed by atoms with Crippen molar-refractivity contribution in [3.63, 3.8) is 0 Å². The van der Waals surface area contributed by atoms with Crippen molar-refractivity contribution in [2.24, 2.45) is 5.92 Å². The van der Waals surface area contributed by atoms with Crippen LogP contribution in [0.15, 0.2) is 66.7 Å². The summed E-state index contributed by atoms with van der Waals surface area (Å²) in [4.78, 5) is 37.5. The van der Waals surface area contributed by atoms with Crippen molar-refractivity contribution in [1.82, 2.24) is 10.6 Å². The van der Waals surface area contributed by atoms with E-state index >= 15 is 0 Å². The van der Waals surface area contributed by atoms with Gasteiger partial charge < -0.3 is 15.4 Å². The normalized spacial score (nSPS) is 20.8. The summed E-state index contributed by atoms with van der Waals surface area (Å²) in [5.74, 6) is -1.18. The predicted molar refractivity (Wildman–Crippen MR) is 122 cm³/mol. The lowest BCUT2D eigenvalue weighted by Gasteiger charge is -2.21. The molecule has 1 aliphatic rings. The van der Waals surface area contributed by atoms with Gasteiger partial charge in [-0.05, 0) is 30.9 Å². The predicted octanol–water partition coefficient (Wildman–Crippen LogP) is 3.76. The van der Waals surface area contributed by atoms with Crippen LogP contribution in [0.3, 0.4) is 0 Å². The van der Waals surface area contributed by atoms with Crippen LogP contribution in [-0.2, 0) is 25.7 Å². The lowest BCUT2D eigenvalue weighted by Crippen LogP contribution is -2.37. The maximum atomic E-state index is 12.9. The molecule has 0 aliphatic carbocycles. The zero-order valence-corrected chi connectivity index (χ0v) is 18.4. The molecule has 2 N–H and O–H groups in total. The van der Waals surface area contributed by atoms with Crippen molar-refractivity contribution in [1.29, 1.82) is 0 Å². The number of aryl methyl sites for hydroxylation is 1. The molecule has 168 valence electrons. The third-order valence-corrected chi connectivity index (χ3v) is 5.42. The molecule has 0 saturated heterocycles. The minimum absolute atomic E-state index is 0.0951. The highest BCUT2D eigenvalue weighted by molar-refractivity contribution is 5.86. The molecule has 6 heteroatoms. The number of hydrogen-bond donors (Lipinski definition) is 2. The van der Waals surface area contributed by atoms with Crippen molar-refractivity contribution in [3.05, 3.63) is 83.4 Å². The Morgan fingerprint density at radius 1 is 1.06 bits per heavy atom. The molecule has 3 rings (SSSR count). The molecule has 0 radical (unpaired) electrons. The van der Waals surface area contributed by atoms with Crippen molar-refractivity contribution < 1.29 is 19.1 Å². The average molecular weight is 435 g/mol. The highest BCUT2D eigenvalue weighted by Gasteiger charge is 2.24. The fraction of sp³-hybridized carbons (Fsp3) is 0.346. The van der Waals surface area contributed by atoms with Crippen molar-refractivity contribution in [2.75, 3.05) is 6.54 Å². The van der Waals surface area contributed by atoms with Crippen LogP contribution in [0.4, 0.5) is 0 Å². The number of carbonyl (C=O) groups excluding carboxylic acids is 3. The zero-order chi connectivity index (χ0) is 22.8. The van der Waals surface area contributed by atoms with E-state index in [0.717, 1.165) is 16.7 Å². The van der Waals surface area contributed by atoms with Gasteiger partial charge in [-0.1, -0.05) is 72.3 Å². The van der Waals surface area contributed by atoms with Gasteiger partial charge in [0.2, 0.25) is 11.8 Å². The van der Waals surface area contributed by atoms with Gasteiger partial charge in [0.15, 0.2) is 0 Å². The Bertz CT molecular complexity index is 938. The number of hydrogen-bond acceptors (Lipinski definition) is 4. The van der Waals surface area contributed by atoms with Crippen LogP contribution in [0, 0.1) is 12.8 Å². The van der Waals surface area contributed by atoms with Crippen LogP contribution >= 0.6 is 0 Å². The minimum atomic E-state index is -0.563. The van der Waals surface area contributed by atoms with E-state index in [2.05, 4.69) is 10.6 Å². The first-order valence-electron chi connectivity index (χ1n) is 11.0. The molecule has 0 spiro atoms. The molecular formula is C26H30N2O4. The molecule has 0 unspecified atom stereocenters. The number of cyclic esters (lactones) is 1. The van der Waals surface area contributed by atoms with Crippen LogP contribution in [-0.4, -0.2) is 24.3 Å². The van der Waals surface area contributed by atoms with Crippen molar-refractivity contribution in [3.8, 4) is 0 Å². The van der Waals surface area contributed by atoms with Gasteiger partial charge in [-0.15, -0.1) is 0 Å². The quantitative estimate of drug-likeness (QED) is 0.554. The van der Waals surface area contributed by atoms with Gasteiger partial charge in [0.05, 0.1) is 12.5 Å². The summed E-state index contributed by atoms with van der Waals surface area (Å²) >= 11 is 0. The minimum Gasteiger partial charge on any atom is -0.456 e. The Labute approximate surface area is 189 Å². The van der Waals surface area contributed by atoms with Gasteiger partial charge >= 0.3 is 5.97 Å². The Morgan fingerprint density at radius 2 is 1.81 bits per heavy atom. The maximum absolute atomic E-state index is 12.9. The van der Waals surface area contributed by atoms with E-state index in [0.29, 0.717) is 19.4 Å². The Morgan fingerprint density at radius 3 is 2.56 bits per heavy atom. The third-order valence-electron chi connectivity index (χ3n) is 5.42. The number of benzene rings is 2. The molecule has 2 atom stereocenters. The first-order chi connectivity index (χ1) is 15.5. The summed E-state index contributed by atoms with van der Waals surface area (Å²) in [5.41, 5.74) is 3.00. The van der Waals surface area contributed by atoms with Gasteiger partial charge in [0.25, 0.3) is 0 Å². The first kappa shape index (κ1) is 23.3. The van der Waals surface area contributed by atoms with E-state index in [1.54, 1.807) is 0 Å². The van der Waals surface area contributed by atoms with Crippen LogP contribution in [0.5, 0.6) is 0 Å². The van der Waals surface area contributed by atoms with E-state index in [-0.39, 0.29) is 37.2 Å². The summed E-state index contributed by atoms with van der Waals surface area (Å²) in [7, 11) is 0. The van der Waals surface area contributed by atoms with E-state index in [4.69, 9.17) is 4.74 Å². The number of rotatable bonds is 5. The zero-order valence-electron chi connectivity index (χ0n) is 18.4. The summed E-state index contributed by atoms with van der Waals surface area (Å²) in [5, 5.41) is 5.78. The molecule has 0 bridgehead atoms. The first-order valence-corrected chi connectivity index (χ1v) is 11.0. The van der Waals surface area contributed by atoms with Crippen LogP contribution in [0.2, 0.25) is 0 Å². The molecule has 2 amide bonds. The fourth-order valence-corrected chi connectivity index (χ4v) is 3.52. The highest BCUT2D eigenvalue weighted by Crippen LogP contribution is 2.19. The Hall–Kier alpha value is -3.41. The average Bonchev–Trinajstić information content (AvgIpc) is 2.80. The van der Waals surface area contributed by atoms with Gasteiger partial charge in [-0.2, -0.15) is 0 Å². The second-order valence-corrected chi connectivity index (χ2v) is 8.04. The lowest BCUT2D eigenvalue weighted by atomic mass is 9.98. The smallest absolute Gasteiger partial charge is 0.306 e. The highest BCUT2D eigenvalue weighted by atomic mass is 16.5. The summed E-state index contributed by atoms with van der Waals surface area (Å²) in [6, 6.07) is 17.3. The summed E-state index contributed by atoms with van der Waals surface area (Å²) < 4.78 is 5.60. The van der Waals surface area contributed by atoms with Gasteiger partial charge in [0, 0.05) is 19.4 Å². The molecule has 32 heavy (non-hydrogen) atoms. The van der Waals surface area contributed by atoms with Crippen LogP contribution < -0.4 is 10.6 Å². The SMILES string of the molecule is Cc1ccc(CNC(=O)C[C@H]2C/C=C/CCC(=O)O[C@@H](c3ccccc3)CNC2=O)cc1. The number of allylic oxidation sites excluding steroid dienone is 2. The van der Waals surface area contributed by atoms with E-state index in [1.807, 2.05) is 73.7 Å². The topological polar surface area (TPSA) is 84.5 Å². The number of carbonyl (C=O) groups is 3. The van der Waals surface area contributed by atoms with E-state index in [9.17, 15) is 14.4 Å². The lowest BCUT2D eigenvalue weighted by molar-refractivity contribution is -0.150. The molecule has 0 fully saturated rings. The van der Waals surface area contributed by atoms with E-state index in [1.165, 1.54) is 0 Å².